The van der Waals surface area contributed by atoms with Crippen LogP contribution in [0.3, 0.4) is 0 Å². The average Bonchev–Trinajstić information content (AvgIpc) is 2.94. The Labute approximate surface area is 147 Å². The molecule has 136 valence electrons. The van der Waals surface area contributed by atoms with Crippen molar-refractivity contribution in [1.82, 2.24) is 15.5 Å². The molecule has 1 heterocycles. The third-order valence-corrected chi connectivity index (χ3v) is 5.10. The molecule has 1 aliphatic carbocycles. The fourth-order valence-electron chi connectivity index (χ4n) is 3.97. The minimum absolute atomic E-state index is 0.0572. The fraction of sp³-hybridized carbons (Fsp3) is 0.556. The molecule has 2 fully saturated rings. The lowest BCUT2D eigenvalue weighted by Crippen LogP contribution is -2.41. The van der Waals surface area contributed by atoms with Crippen molar-refractivity contribution < 1.29 is 14.7 Å². The van der Waals surface area contributed by atoms with Gasteiger partial charge < -0.3 is 26.0 Å². The number of aliphatic hydroxyl groups excluding tert-OH is 1. The van der Waals surface area contributed by atoms with Crippen LogP contribution < -0.4 is 16.0 Å². The van der Waals surface area contributed by atoms with Gasteiger partial charge in [0.05, 0.1) is 6.61 Å². The predicted octanol–water partition coefficient (Wildman–Crippen LogP) is 1.01. The number of amides is 3. The zero-order chi connectivity index (χ0) is 17.8. The first-order valence-corrected chi connectivity index (χ1v) is 8.84. The van der Waals surface area contributed by atoms with Crippen molar-refractivity contribution in [3.63, 3.8) is 0 Å². The molecule has 1 saturated carbocycles. The summed E-state index contributed by atoms with van der Waals surface area (Å²) in [6.07, 6.45) is 3.08. The quantitative estimate of drug-likeness (QED) is 0.640. The van der Waals surface area contributed by atoms with Crippen LogP contribution >= 0.6 is 0 Å². The van der Waals surface area contributed by atoms with E-state index >= 15 is 0 Å². The van der Waals surface area contributed by atoms with Crippen LogP contribution in [0.2, 0.25) is 0 Å². The summed E-state index contributed by atoms with van der Waals surface area (Å²) in [5.41, 5.74) is 1.30. The van der Waals surface area contributed by atoms with Gasteiger partial charge in [-0.2, -0.15) is 0 Å². The van der Waals surface area contributed by atoms with Crippen LogP contribution in [0, 0.1) is 5.92 Å². The number of urea groups is 1. The summed E-state index contributed by atoms with van der Waals surface area (Å²) < 4.78 is 0. The van der Waals surface area contributed by atoms with E-state index in [2.05, 4.69) is 16.0 Å². The largest absolute Gasteiger partial charge is 0.395 e. The number of hydrogen-bond acceptors (Lipinski definition) is 4. The molecule has 4 N–H and O–H groups in total. The zero-order valence-electron chi connectivity index (χ0n) is 14.5. The monoisotopic (exact) mass is 346 g/mol. The summed E-state index contributed by atoms with van der Waals surface area (Å²) in [7, 11) is 1.56. The molecule has 3 rings (SSSR count). The Balaban J connectivity index is 1.62. The van der Waals surface area contributed by atoms with E-state index in [1.165, 1.54) is 0 Å². The Hall–Kier alpha value is -2.12. The number of benzene rings is 1. The van der Waals surface area contributed by atoms with Crippen LogP contribution in [0.1, 0.15) is 29.6 Å². The summed E-state index contributed by atoms with van der Waals surface area (Å²) >= 11 is 0. The Kier molecular flexibility index (Phi) is 5.55. The zero-order valence-corrected chi connectivity index (χ0v) is 14.5. The first kappa shape index (κ1) is 17.7. The van der Waals surface area contributed by atoms with E-state index in [0.29, 0.717) is 29.8 Å². The Morgan fingerprint density at radius 2 is 1.96 bits per heavy atom. The van der Waals surface area contributed by atoms with Crippen molar-refractivity contribution in [2.45, 2.75) is 31.3 Å². The smallest absolute Gasteiger partial charge is 0.318 e. The lowest BCUT2D eigenvalue weighted by Gasteiger charge is -2.30. The number of nitrogens with one attached hydrogen (secondary N) is 3. The van der Waals surface area contributed by atoms with Gasteiger partial charge in [0.1, 0.15) is 0 Å². The molecule has 25 heavy (non-hydrogen) atoms. The molecule has 1 saturated heterocycles. The van der Waals surface area contributed by atoms with Crippen LogP contribution in [0.25, 0.3) is 0 Å². The number of rotatable bonds is 5. The molecule has 3 unspecified atom stereocenters. The third-order valence-electron chi connectivity index (χ3n) is 5.10. The van der Waals surface area contributed by atoms with Crippen molar-refractivity contribution in [3.8, 4) is 0 Å². The predicted molar refractivity (Wildman–Crippen MR) is 95.6 cm³/mol. The molecule has 0 radical (unpaired) electrons. The summed E-state index contributed by atoms with van der Waals surface area (Å²) in [5, 5.41) is 17.5. The van der Waals surface area contributed by atoms with Crippen molar-refractivity contribution in [2.24, 2.45) is 5.92 Å². The molecule has 1 aliphatic heterocycles. The van der Waals surface area contributed by atoms with Crippen LogP contribution in [0.15, 0.2) is 24.3 Å². The number of fused-ring (bicyclic) bond motifs is 2. The standard InChI is InChI=1S/C18H26N4O3/c1-19-18(25)21-14-4-2-13(3-5-14)17(24)22-11-12-8-15(20-6-7-23)10-16(22)9-12/h2-5,12,15-16,20,23H,6-11H2,1H3,(H2,19,21,25). The second-order valence-corrected chi connectivity index (χ2v) is 6.84. The second-order valence-electron chi connectivity index (χ2n) is 6.84. The van der Waals surface area contributed by atoms with Gasteiger partial charge in [-0.25, -0.2) is 4.79 Å². The number of hydrogen-bond donors (Lipinski definition) is 4. The molecule has 2 aliphatic rings. The van der Waals surface area contributed by atoms with E-state index in [1.54, 1.807) is 31.3 Å². The van der Waals surface area contributed by atoms with E-state index < -0.39 is 0 Å². The first-order valence-electron chi connectivity index (χ1n) is 8.84. The highest BCUT2D eigenvalue weighted by atomic mass is 16.3. The van der Waals surface area contributed by atoms with Gasteiger partial charge in [0.15, 0.2) is 0 Å². The molecule has 3 amide bonds. The maximum atomic E-state index is 12.9. The SMILES string of the molecule is CNC(=O)Nc1ccc(C(=O)N2CC3CC(NCCO)CC2C3)cc1. The third kappa shape index (κ3) is 4.11. The Bertz CT molecular complexity index is 619. The highest BCUT2D eigenvalue weighted by molar-refractivity contribution is 5.96. The summed E-state index contributed by atoms with van der Waals surface area (Å²) in [6.45, 7) is 1.56. The van der Waals surface area contributed by atoms with E-state index in [9.17, 15) is 9.59 Å². The number of aliphatic hydroxyl groups is 1. The van der Waals surface area contributed by atoms with Crippen molar-refractivity contribution in [2.75, 3.05) is 32.1 Å². The number of carbonyl (C=O) groups is 2. The van der Waals surface area contributed by atoms with Crippen LogP contribution in [0.4, 0.5) is 10.5 Å². The van der Waals surface area contributed by atoms with Gasteiger partial charge in [0, 0.05) is 43.5 Å². The van der Waals surface area contributed by atoms with Gasteiger partial charge in [0.2, 0.25) is 0 Å². The van der Waals surface area contributed by atoms with Gasteiger partial charge in [-0.1, -0.05) is 0 Å². The maximum absolute atomic E-state index is 12.9. The molecular formula is C18H26N4O3. The molecule has 0 spiro atoms. The molecule has 7 heteroatoms. The molecule has 1 aromatic carbocycles. The number of likely N-dealkylation sites (tertiary alicyclic amines) is 1. The van der Waals surface area contributed by atoms with E-state index in [0.717, 1.165) is 25.8 Å². The molecular weight excluding hydrogens is 320 g/mol. The minimum atomic E-state index is -0.283. The first-order chi connectivity index (χ1) is 12.1. The van der Waals surface area contributed by atoms with Crippen molar-refractivity contribution in [1.29, 1.82) is 0 Å². The van der Waals surface area contributed by atoms with E-state index in [1.807, 2.05) is 4.90 Å². The van der Waals surface area contributed by atoms with Crippen LogP contribution in [-0.2, 0) is 0 Å². The number of carbonyl (C=O) groups excluding carboxylic acids is 2. The van der Waals surface area contributed by atoms with Gasteiger partial charge in [0.25, 0.3) is 5.91 Å². The van der Waals surface area contributed by atoms with Gasteiger partial charge in [-0.3, -0.25) is 4.79 Å². The van der Waals surface area contributed by atoms with Gasteiger partial charge in [-0.15, -0.1) is 0 Å². The molecule has 0 aromatic heterocycles. The molecule has 1 aromatic rings. The van der Waals surface area contributed by atoms with Crippen molar-refractivity contribution >= 4 is 17.6 Å². The molecule has 3 atom stereocenters. The molecule has 2 bridgehead atoms. The summed E-state index contributed by atoms with van der Waals surface area (Å²) in [6, 6.07) is 7.38. The average molecular weight is 346 g/mol. The van der Waals surface area contributed by atoms with Crippen LogP contribution in [-0.4, -0.2) is 60.8 Å². The number of anilines is 1. The minimum Gasteiger partial charge on any atom is -0.395 e. The summed E-state index contributed by atoms with van der Waals surface area (Å²) in [5.74, 6) is 0.592. The van der Waals surface area contributed by atoms with Gasteiger partial charge >= 0.3 is 6.03 Å². The van der Waals surface area contributed by atoms with Crippen molar-refractivity contribution in [3.05, 3.63) is 29.8 Å². The Morgan fingerprint density at radius 3 is 2.64 bits per heavy atom. The second kappa shape index (κ2) is 7.84. The fourth-order valence-corrected chi connectivity index (χ4v) is 3.97. The van der Waals surface area contributed by atoms with E-state index in [-0.39, 0.29) is 24.6 Å². The Morgan fingerprint density at radius 1 is 1.20 bits per heavy atom. The maximum Gasteiger partial charge on any atom is 0.318 e. The highest BCUT2D eigenvalue weighted by Gasteiger charge is 2.41. The summed E-state index contributed by atoms with van der Waals surface area (Å²) in [4.78, 5) is 26.2. The topological polar surface area (TPSA) is 93.7 Å². The van der Waals surface area contributed by atoms with Gasteiger partial charge in [-0.05, 0) is 49.4 Å². The molecule has 7 nitrogen and oxygen atoms in total. The lowest BCUT2D eigenvalue weighted by molar-refractivity contribution is 0.0728. The lowest BCUT2D eigenvalue weighted by atomic mass is 9.86. The van der Waals surface area contributed by atoms with E-state index in [4.69, 9.17) is 5.11 Å². The normalized spacial score (nSPS) is 24.9. The number of nitrogens with zero attached hydrogens (tertiary/aromatic N) is 1. The van der Waals surface area contributed by atoms with Crippen LogP contribution in [0.5, 0.6) is 0 Å². The highest BCUT2D eigenvalue weighted by Crippen LogP contribution is 2.36.